The summed E-state index contributed by atoms with van der Waals surface area (Å²) in [6.07, 6.45) is -0.911. The largest absolute Gasteiger partial charge is 0.366 e. The van der Waals surface area contributed by atoms with Crippen LogP contribution in [0.4, 0.5) is 20.2 Å². The summed E-state index contributed by atoms with van der Waals surface area (Å²) in [6, 6.07) is 1.41. The van der Waals surface area contributed by atoms with E-state index in [4.69, 9.17) is 4.74 Å². The van der Waals surface area contributed by atoms with Crippen molar-refractivity contribution in [3.8, 4) is 0 Å². The molecule has 1 aromatic rings. The summed E-state index contributed by atoms with van der Waals surface area (Å²) in [5.74, 6) is -3.53. The summed E-state index contributed by atoms with van der Waals surface area (Å²) < 4.78 is 31.8. The van der Waals surface area contributed by atoms with E-state index < -0.39 is 39.9 Å². The van der Waals surface area contributed by atoms with Crippen molar-refractivity contribution in [2.75, 3.05) is 25.0 Å². The molecule has 1 atom stereocenters. The van der Waals surface area contributed by atoms with Crippen LogP contribution in [-0.4, -0.2) is 36.6 Å². The number of benzene rings is 1. The zero-order chi connectivity index (χ0) is 14.7. The predicted octanol–water partition coefficient (Wildman–Crippen LogP) is 0.800. The lowest BCUT2D eigenvalue weighted by Crippen LogP contribution is -2.45. The number of carbonyl (C=O) groups excluding carboxylic acids is 1. The van der Waals surface area contributed by atoms with E-state index >= 15 is 0 Å². The number of nitro benzene ring substituents is 1. The quantitative estimate of drug-likeness (QED) is 0.633. The Balaban J connectivity index is 2.25. The van der Waals surface area contributed by atoms with Gasteiger partial charge in [0.05, 0.1) is 11.5 Å². The van der Waals surface area contributed by atoms with Gasteiger partial charge in [0.15, 0.2) is 17.3 Å². The normalized spacial score (nSPS) is 18.6. The van der Waals surface area contributed by atoms with Crippen molar-refractivity contribution in [2.45, 2.75) is 6.10 Å². The van der Waals surface area contributed by atoms with Crippen molar-refractivity contribution in [1.29, 1.82) is 0 Å². The van der Waals surface area contributed by atoms with Gasteiger partial charge in [-0.2, -0.15) is 0 Å². The summed E-state index contributed by atoms with van der Waals surface area (Å²) in [5.41, 5.74) is -1.52. The Labute approximate surface area is 112 Å². The first kappa shape index (κ1) is 14.3. The number of nitrogens with zero attached hydrogens (tertiary/aromatic N) is 1. The molecule has 0 aromatic heterocycles. The summed E-state index contributed by atoms with van der Waals surface area (Å²) in [4.78, 5) is 21.7. The van der Waals surface area contributed by atoms with E-state index in [1.165, 1.54) is 0 Å². The predicted molar refractivity (Wildman–Crippen MR) is 64.3 cm³/mol. The third kappa shape index (κ3) is 2.89. The maximum atomic E-state index is 13.6. The number of ether oxygens (including phenoxy) is 1. The lowest BCUT2D eigenvalue weighted by Gasteiger charge is -2.22. The number of morpholine rings is 1. The lowest BCUT2D eigenvalue weighted by molar-refractivity contribution is -0.384. The second kappa shape index (κ2) is 5.88. The number of carbonyl (C=O) groups is 1. The van der Waals surface area contributed by atoms with Crippen molar-refractivity contribution in [1.82, 2.24) is 5.32 Å². The van der Waals surface area contributed by atoms with Crippen LogP contribution in [0.15, 0.2) is 12.1 Å². The molecule has 1 heterocycles. The van der Waals surface area contributed by atoms with Crippen molar-refractivity contribution >= 4 is 17.3 Å². The van der Waals surface area contributed by atoms with Gasteiger partial charge in [0.25, 0.3) is 11.6 Å². The Bertz CT molecular complexity index is 547. The first-order chi connectivity index (χ1) is 9.50. The highest BCUT2D eigenvalue weighted by Crippen LogP contribution is 2.29. The van der Waals surface area contributed by atoms with Crippen molar-refractivity contribution < 1.29 is 23.2 Å². The molecule has 0 radical (unpaired) electrons. The molecule has 1 saturated heterocycles. The molecule has 1 unspecified atom stereocenters. The zero-order valence-electron chi connectivity index (χ0n) is 10.2. The van der Waals surface area contributed by atoms with Crippen LogP contribution >= 0.6 is 0 Å². The van der Waals surface area contributed by atoms with Crippen LogP contribution in [0.1, 0.15) is 0 Å². The SMILES string of the molecule is O=C(Nc1c([N+](=O)[O-])ccc(F)c1F)C1CNCCO1. The van der Waals surface area contributed by atoms with Gasteiger partial charge in [-0.25, -0.2) is 8.78 Å². The van der Waals surface area contributed by atoms with Gasteiger partial charge in [0.2, 0.25) is 0 Å². The Morgan fingerprint density at radius 3 is 2.85 bits per heavy atom. The number of anilines is 1. The Hall–Kier alpha value is -2.13. The van der Waals surface area contributed by atoms with Crippen molar-refractivity contribution in [3.05, 3.63) is 33.9 Å². The van der Waals surface area contributed by atoms with E-state index in [0.29, 0.717) is 12.6 Å². The number of nitro groups is 1. The molecule has 0 aliphatic carbocycles. The highest BCUT2D eigenvalue weighted by Gasteiger charge is 2.28. The third-order valence-corrected chi connectivity index (χ3v) is 2.74. The molecule has 0 saturated carbocycles. The average Bonchev–Trinajstić information content (AvgIpc) is 2.44. The number of amides is 1. The van der Waals surface area contributed by atoms with Crippen LogP contribution in [0.2, 0.25) is 0 Å². The third-order valence-electron chi connectivity index (χ3n) is 2.74. The minimum Gasteiger partial charge on any atom is -0.366 e. The number of hydrogen-bond donors (Lipinski definition) is 2. The molecule has 1 aliphatic rings. The van der Waals surface area contributed by atoms with Crippen LogP contribution in [0.25, 0.3) is 0 Å². The number of rotatable bonds is 3. The second-order valence-electron chi connectivity index (χ2n) is 4.07. The van der Waals surface area contributed by atoms with Crippen molar-refractivity contribution in [2.24, 2.45) is 0 Å². The Morgan fingerprint density at radius 2 is 2.25 bits per heavy atom. The lowest BCUT2D eigenvalue weighted by atomic mass is 10.2. The van der Waals surface area contributed by atoms with Gasteiger partial charge < -0.3 is 15.4 Å². The molecule has 1 amide bonds. The summed E-state index contributed by atoms with van der Waals surface area (Å²) >= 11 is 0. The van der Waals surface area contributed by atoms with Gasteiger partial charge in [-0.3, -0.25) is 14.9 Å². The van der Waals surface area contributed by atoms with Gasteiger partial charge in [0, 0.05) is 19.2 Å². The standard InChI is InChI=1S/C11H11F2N3O4/c12-6-1-2-7(16(18)19)10(9(6)13)15-11(17)8-5-14-3-4-20-8/h1-2,8,14H,3-5H2,(H,15,17). The van der Waals surface area contributed by atoms with Gasteiger partial charge in [-0.1, -0.05) is 0 Å². The van der Waals surface area contributed by atoms with E-state index in [9.17, 15) is 23.7 Å². The van der Waals surface area contributed by atoms with E-state index in [1.807, 2.05) is 5.32 Å². The first-order valence-electron chi connectivity index (χ1n) is 5.76. The topological polar surface area (TPSA) is 93.5 Å². The van der Waals surface area contributed by atoms with Crippen LogP contribution in [0.5, 0.6) is 0 Å². The van der Waals surface area contributed by atoms with E-state index in [-0.39, 0.29) is 13.2 Å². The van der Waals surface area contributed by atoms with E-state index in [2.05, 4.69) is 5.32 Å². The fourth-order valence-corrected chi connectivity index (χ4v) is 1.75. The van der Waals surface area contributed by atoms with Crippen LogP contribution in [0.3, 0.4) is 0 Å². The number of nitrogens with one attached hydrogen (secondary N) is 2. The average molecular weight is 287 g/mol. The van der Waals surface area contributed by atoms with Crippen molar-refractivity contribution in [3.63, 3.8) is 0 Å². The van der Waals surface area contributed by atoms with E-state index in [0.717, 1.165) is 6.07 Å². The molecular weight excluding hydrogens is 276 g/mol. The number of hydrogen-bond acceptors (Lipinski definition) is 5. The molecule has 0 spiro atoms. The smallest absolute Gasteiger partial charge is 0.296 e. The molecule has 1 fully saturated rings. The second-order valence-corrected chi connectivity index (χ2v) is 4.07. The van der Waals surface area contributed by atoms with Crippen LogP contribution in [-0.2, 0) is 9.53 Å². The highest BCUT2D eigenvalue weighted by molar-refractivity contribution is 5.96. The molecule has 1 aromatic carbocycles. The molecule has 2 N–H and O–H groups in total. The molecule has 108 valence electrons. The summed E-state index contributed by atoms with van der Waals surface area (Å²) in [7, 11) is 0. The molecule has 20 heavy (non-hydrogen) atoms. The fraction of sp³-hybridized carbons (Fsp3) is 0.364. The Morgan fingerprint density at radius 1 is 1.50 bits per heavy atom. The maximum Gasteiger partial charge on any atom is 0.296 e. The minimum atomic E-state index is -1.48. The van der Waals surface area contributed by atoms with Gasteiger partial charge >= 0.3 is 0 Å². The monoisotopic (exact) mass is 287 g/mol. The Kier molecular flexibility index (Phi) is 4.20. The number of halogens is 2. The van der Waals surface area contributed by atoms with Gasteiger partial charge in [-0.05, 0) is 6.07 Å². The molecule has 2 rings (SSSR count). The fourth-order valence-electron chi connectivity index (χ4n) is 1.75. The van der Waals surface area contributed by atoms with Crippen LogP contribution in [0, 0.1) is 21.7 Å². The first-order valence-corrected chi connectivity index (χ1v) is 5.76. The summed E-state index contributed by atoms with van der Waals surface area (Å²) in [6.45, 7) is 1.04. The molecular formula is C11H11F2N3O4. The molecule has 9 heteroatoms. The molecule has 0 bridgehead atoms. The minimum absolute atomic E-state index is 0.191. The van der Waals surface area contributed by atoms with Crippen LogP contribution < -0.4 is 10.6 Å². The molecule has 1 aliphatic heterocycles. The van der Waals surface area contributed by atoms with Gasteiger partial charge in [-0.15, -0.1) is 0 Å². The maximum absolute atomic E-state index is 13.6. The van der Waals surface area contributed by atoms with Gasteiger partial charge in [0.1, 0.15) is 6.10 Å². The molecule has 7 nitrogen and oxygen atoms in total. The van der Waals surface area contributed by atoms with E-state index in [1.54, 1.807) is 0 Å². The highest BCUT2D eigenvalue weighted by atomic mass is 19.2. The zero-order valence-corrected chi connectivity index (χ0v) is 10.2. The summed E-state index contributed by atoms with van der Waals surface area (Å²) in [5, 5.41) is 15.7.